The van der Waals surface area contributed by atoms with Crippen molar-refractivity contribution >= 4 is 28.6 Å². The number of aryl methyl sites for hydroxylation is 1. The Morgan fingerprint density at radius 1 is 1.24 bits per heavy atom. The number of halogens is 1. The maximum atomic E-state index is 5.99. The van der Waals surface area contributed by atoms with E-state index in [4.69, 9.17) is 16.3 Å². The van der Waals surface area contributed by atoms with Crippen molar-refractivity contribution in [2.75, 3.05) is 12.4 Å². The Morgan fingerprint density at radius 2 is 2.10 bits per heavy atom. The molecule has 0 radical (unpaired) electrons. The topological polar surface area (TPSA) is 52.0 Å². The highest BCUT2D eigenvalue weighted by atomic mass is 35.5. The predicted molar refractivity (Wildman–Crippen MR) is 83.8 cm³/mol. The van der Waals surface area contributed by atoms with Crippen molar-refractivity contribution in [2.45, 2.75) is 6.54 Å². The highest BCUT2D eigenvalue weighted by molar-refractivity contribution is 6.31. The molecular formula is C15H15ClN4O. The van der Waals surface area contributed by atoms with Crippen molar-refractivity contribution in [3.63, 3.8) is 0 Å². The number of ether oxygens (including phenoxy) is 1. The van der Waals surface area contributed by atoms with Gasteiger partial charge in [-0.05, 0) is 24.3 Å². The van der Waals surface area contributed by atoms with Crippen LogP contribution in [0.3, 0.4) is 0 Å². The molecule has 1 aromatic carbocycles. The van der Waals surface area contributed by atoms with Crippen molar-refractivity contribution in [3.8, 4) is 5.88 Å². The molecule has 0 saturated carbocycles. The zero-order chi connectivity index (χ0) is 14.8. The molecule has 0 aliphatic rings. The smallest absolute Gasteiger partial charge is 0.213 e. The molecule has 0 saturated heterocycles. The molecule has 3 aromatic rings. The minimum absolute atomic E-state index is 0.572. The van der Waals surface area contributed by atoms with Crippen molar-refractivity contribution in [1.82, 2.24) is 14.5 Å². The number of nitrogens with one attached hydrogen (secondary N) is 1. The van der Waals surface area contributed by atoms with E-state index in [0.717, 1.165) is 22.7 Å². The molecule has 0 unspecified atom stereocenters. The molecule has 2 heterocycles. The van der Waals surface area contributed by atoms with E-state index in [1.807, 2.05) is 48.0 Å². The zero-order valence-electron chi connectivity index (χ0n) is 11.8. The van der Waals surface area contributed by atoms with Gasteiger partial charge in [0.2, 0.25) is 11.8 Å². The van der Waals surface area contributed by atoms with Gasteiger partial charge in [0, 0.05) is 18.1 Å². The predicted octanol–water partition coefficient (Wildman–Crippen LogP) is 3.24. The standard InChI is InChI=1S/C15H15ClN4O/c1-20-13-7-6-10(16)8-12(13)19-15(20)17-9-11-4-3-5-14(18-11)21-2/h3-8H,9H2,1-2H3,(H,17,19). The van der Waals surface area contributed by atoms with E-state index in [1.54, 1.807) is 7.11 Å². The Balaban J connectivity index is 1.83. The molecule has 108 valence electrons. The lowest BCUT2D eigenvalue weighted by Crippen LogP contribution is -2.06. The molecule has 3 rings (SSSR count). The average Bonchev–Trinajstić information content (AvgIpc) is 2.81. The van der Waals surface area contributed by atoms with Gasteiger partial charge in [0.05, 0.1) is 30.4 Å². The third kappa shape index (κ3) is 2.78. The minimum atomic E-state index is 0.572. The van der Waals surface area contributed by atoms with Crippen LogP contribution >= 0.6 is 11.6 Å². The molecule has 6 heteroatoms. The van der Waals surface area contributed by atoms with Gasteiger partial charge in [-0.25, -0.2) is 9.97 Å². The molecule has 0 fully saturated rings. The largest absolute Gasteiger partial charge is 0.481 e. The van der Waals surface area contributed by atoms with Gasteiger partial charge >= 0.3 is 0 Å². The summed E-state index contributed by atoms with van der Waals surface area (Å²) in [6.45, 7) is 0.572. The van der Waals surface area contributed by atoms with Crippen LogP contribution in [0, 0.1) is 0 Å². The van der Waals surface area contributed by atoms with E-state index in [9.17, 15) is 0 Å². The molecule has 0 atom stereocenters. The fourth-order valence-corrected chi connectivity index (χ4v) is 2.34. The lowest BCUT2D eigenvalue weighted by molar-refractivity contribution is 0.396. The summed E-state index contributed by atoms with van der Waals surface area (Å²) in [6, 6.07) is 11.3. The zero-order valence-corrected chi connectivity index (χ0v) is 12.6. The van der Waals surface area contributed by atoms with Gasteiger partial charge in [-0.2, -0.15) is 0 Å². The molecule has 2 aromatic heterocycles. The third-order valence-electron chi connectivity index (χ3n) is 3.26. The summed E-state index contributed by atoms with van der Waals surface area (Å²) in [7, 11) is 3.57. The summed E-state index contributed by atoms with van der Waals surface area (Å²) in [5, 5.41) is 3.96. The lowest BCUT2D eigenvalue weighted by atomic mass is 10.3. The summed E-state index contributed by atoms with van der Waals surface area (Å²) in [6.07, 6.45) is 0. The number of nitrogens with zero attached hydrogens (tertiary/aromatic N) is 3. The summed E-state index contributed by atoms with van der Waals surface area (Å²) < 4.78 is 7.11. The fraction of sp³-hybridized carbons (Fsp3) is 0.200. The Labute approximate surface area is 127 Å². The maximum absolute atomic E-state index is 5.99. The Hall–Kier alpha value is -2.27. The van der Waals surface area contributed by atoms with Gasteiger partial charge in [0.1, 0.15) is 0 Å². The Morgan fingerprint density at radius 3 is 2.90 bits per heavy atom. The van der Waals surface area contributed by atoms with Crippen LogP contribution in [0.15, 0.2) is 36.4 Å². The monoisotopic (exact) mass is 302 g/mol. The number of rotatable bonds is 4. The molecule has 0 amide bonds. The second-order valence-corrected chi connectivity index (χ2v) is 5.09. The van der Waals surface area contributed by atoms with Crippen LogP contribution in [0.5, 0.6) is 5.88 Å². The van der Waals surface area contributed by atoms with E-state index in [2.05, 4.69) is 15.3 Å². The van der Waals surface area contributed by atoms with Gasteiger partial charge in [0.25, 0.3) is 0 Å². The third-order valence-corrected chi connectivity index (χ3v) is 3.50. The van der Waals surface area contributed by atoms with E-state index >= 15 is 0 Å². The van der Waals surface area contributed by atoms with Crippen LogP contribution in [0.4, 0.5) is 5.95 Å². The number of methoxy groups -OCH3 is 1. The van der Waals surface area contributed by atoms with Gasteiger partial charge in [-0.15, -0.1) is 0 Å². The van der Waals surface area contributed by atoms with E-state index in [1.165, 1.54) is 0 Å². The van der Waals surface area contributed by atoms with E-state index in [-0.39, 0.29) is 0 Å². The van der Waals surface area contributed by atoms with Gasteiger partial charge in [-0.1, -0.05) is 17.7 Å². The maximum Gasteiger partial charge on any atom is 0.213 e. The summed E-state index contributed by atoms with van der Waals surface area (Å²) in [5.74, 6) is 1.38. The first-order chi connectivity index (χ1) is 10.2. The Bertz CT molecular complexity index is 784. The molecular weight excluding hydrogens is 288 g/mol. The second kappa shape index (κ2) is 5.61. The van der Waals surface area contributed by atoms with Crippen molar-refractivity contribution < 1.29 is 4.74 Å². The van der Waals surface area contributed by atoms with Gasteiger partial charge in [-0.3, -0.25) is 0 Å². The number of pyridine rings is 1. The van der Waals surface area contributed by atoms with Crippen molar-refractivity contribution in [1.29, 1.82) is 0 Å². The number of imidazole rings is 1. The van der Waals surface area contributed by atoms with Gasteiger partial charge in [0.15, 0.2) is 0 Å². The summed E-state index contributed by atoms with van der Waals surface area (Å²) >= 11 is 5.99. The second-order valence-electron chi connectivity index (χ2n) is 4.65. The SMILES string of the molecule is COc1cccc(CNc2nc3cc(Cl)ccc3n2C)n1. The number of benzene rings is 1. The number of fused-ring (bicyclic) bond motifs is 1. The van der Waals surface area contributed by atoms with Crippen LogP contribution in [0.1, 0.15) is 5.69 Å². The number of aromatic nitrogens is 3. The number of anilines is 1. The van der Waals surface area contributed by atoms with Crippen molar-refractivity contribution in [3.05, 3.63) is 47.1 Å². The molecule has 0 aliphatic carbocycles. The summed E-state index contributed by atoms with van der Waals surface area (Å²) in [4.78, 5) is 8.90. The van der Waals surface area contributed by atoms with Crippen LogP contribution in [0.25, 0.3) is 11.0 Å². The molecule has 21 heavy (non-hydrogen) atoms. The van der Waals surface area contributed by atoms with Crippen LogP contribution in [0.2, 0.25) is 5.02 Å². The fourth-order valence-electron chi connectivity index (χ4n) is 2.17. The number of hydrogen-bond donors (Lipinski definition) is 1. The quantitative estimate of drug-likeness (QED) is 0.804. The molecule has 0 spiro atoms. The highest BCUT2D eigenvalue weighted by Crippen LogP contribution is 2.22. The average molecular weight is 303 g/mol. The van der Waals surface area contributed by atoms with Gasteiger partial charge < -0.3 is 14.6 Å². The lowest BCUT2D eigenvalue weighted by Gasteiger charge is -2.06. The first-order valence-electron chi connectivity index (χ1n) is 6.53. The van der Waals surface area contributed by atoms with Crippen LogP contribution in [-0.2, 0) is 13.6 Å². The van der Waals surface area contributed by atoms with Crippen LogP contribution in [-0.4, -0.2) is 21.6 Å². The molecule has 0 bridgehead atoms. The normalized spacial score (nSPS) is 10.8. The summed E-state index contributed by atoms with van der Waals surface area (Å²) in [5.41, 5.74) is 2.78. The minimum Gasteiger partial charge on any atom is -0.481 e. The van der Waals surface area contributed by atoms with E-state index < -0.39 is 0 Å². The van der Waals surface area contributed by atoms with Crippen LogP contribution < -0.4 is 10.1 Å². The van der Waals surface area contributed by atoms with Crippen molar-refractivity contribution in [2.24, 2.45) is 7.05 Å². The first kappa shape index (κ1) is 13.7. The number of hydrogen-bond acceptors (Lipinski definition) is 4. The van der Waals surface area contributed by atoms with E-state index in [0.29, 0.717) is 17.4 Å². The first-order valence-corrected chi connectivity index (χ1v) is 6.91. The molecule has 1 N–H and O–H groups in total. The highest BCUT2D eigenvalue weighted by Gasteiger charge is 2.08. The molecule has 0 aliphatic heterocycles. The Kier molecular flexibility index (Phi) is 3.66. The molecule has 5 nitrogen and oxygen atoms in total.